The van der Waals surface area contributed by atoms with Gasteiger partial charge in [0.2, 0.25) is 0 Å². The summed E-state index contributed by atoms with van der Waals surface area (Å²) in [6.07, 6.45) is 8.00. The van der Waals surface area contributed by atoms with Crippen molar-refractivity contribution in [3.05, 3.63) is 47.4 Å². The zero-order valence-corrected chi connectivity index (χ0v) is 19.8. The summed E-state index contributed by atoms with van der Waals surface area (Å²) in [6.45, 7) is 8.35. The van der Waals surface area contributed by atoms with Crippen LogP contribution in [0, 0.1) is 19.8 Å². The predicted molar refractivity (Wildman–Crippen MR) is 130 cm³/mol. The largest absolute Gasteiger partial charge is 0.505 e. The summed E-state index contributed by atoms with van der Waals surface area (Å²) in [7, 11) is 0. The average Bonchev–Trinajstić information content (AvgIpc) is 3.50. The third-order valence-electron chi connectivity index (χ3n) is 4.53. The van der Waals surface area contributed by atoms with E-state index in [0.717, 1.165) is 23.2 Å². The maximum absolute atomic E-state index is 12.7. The number of hydrogen-bond donors (Lipinski definition) is 3. The third-order valence-corrected chi connectivity index (χ3v) is 5.06. The number of amides is 1. The smallest absolute Gasteiger partial charge is 0.257 e. The molecule has 3 aromatic rings. The van der Waals surface area contributed by atoms with Crippen molar-refractivity contribution >= 4 is 35.0 Å². The minimum absolute atomic E-state index is 0.121. The molecule has 176 valence electrons. The highest BCUT2D eigenvalue weighted by Gasteiger charge is 2.23. The van der Waals surface area contributed by atoms with E-state index in [1.165, 1.54) is 0 Å². The molecule has 4 rings (SSSR count). The maximum atomic E-state index is 12.7. The molecule has 1 aliphatic rings. The molecule has 0 atom stereocenters. The molecule has 2 aromatic heterocycles. The lowest BCUT2D eigenvalue weighted by molar-refractivity contribution is 0.0301. The molecular formula is C23H29N5O4S. The van der Waals surface area contributed by atoms with E-state index in [9.17, 15) is 9.90 Å². The summed E-state index contributed by atoms with van der Waals surface area (Å²) in [5, 5.41) is 16.9. The summed E-state index contributed by atoms with van der Waals surface area (Å²) in [4.78, 5) is 14.4. The number of rotatable bonds is 6. The van der Waals surface area contributed by atoms with Gasteiger partial charge in [-0.1, -0.05) is 19.9 Å². The Morgan fingerprint density at radius 3 is 2.52 bits per heavy atom. The molecule has 0 radical (unpaired) electrons. The Morgan fingerprint density at radius 1 is 1.15 bits per heavy atom. The molecule has 0 saturated carbocycles. The zero-order valence-electron chi connectivity index (χ0n) is 19.0. The normalized spacial score (nSPS) is 12.6. The van der Waals surface area contributed by atoms with Crippen LogP contribution in [0.2, 0.25) is 0 Å². The number of hydrogen-bond acceptors (Lipinski definition) is 9. The van der Waals surface area contributed by atoms with E-state index in [1.54, 1.807) is 23.1 Å². The van der Waals surface area contributed by atoms with Crippen LogP contribution in [-0.2, 0) is 11.3 Å². The van der Waals surface area contributed by atoms with Crippen LogP contribution in [0.25, 0.3) is 0 Å². The molecular weight excluding hydrogens is 442 g/mol. The summed E-state index contributed by atoms with van der Waals surface area (Å²) in [5.74, 6) is 2.27. The number of terminal acetylenes is 1. The Hall–Kier alpha value is -3.55. The number of aromatic nitrogens is 2. The molecule has 1 aliphatic heterocycles. The number of phenols is 1. The topological polar surface area (TPSA) is 113 Å². The van der Waals surface area contributed by atoms with Crippen LogP contribution in [0.5, 0.6) is 5.75 Å². The van der Waals surface area contributed by atoms with Crippen molar-refractivity contribution in [1.82, 2.24) is 13.6 Å². The molecule has 1 saturated heterocycles. The van der Waals surface area contributed by atoms with Crippen molar-refractivity contribution in [3.63, 3.8) is 0 Å². The lowest BCUT2D eigenvalue weighted by atomic mass is 10.1. The molecule has 0 aliphatic carbocycles. The summed E-state index contributed by atoms with van der Waals surface area (Å²) < 4.78 is 19.3. The Labute approximate surface area is 198 Å². The highest BCUT2D eigenvalue weighted by atomic mass is 32.1. The highest BCUT2D eigenvalue weighted by molar-refractivity contribution is 6.99. The first kappa shape index (κ1) is 25.7. The van der Waals surface area contributed by atoms with E-state index < -0.39 is 0 Å². The van der Waals surface area contributed by atoms with Gasteiger partial charge in [-0.25, -0.2) is 0 Å². The fraction of sp³-hybridized carbons (Fsp3) is 0.348. The first-order valence-electron chi connectivity index (χ1n) is 10.5. The standard InChI is InChI=1S/C19H21N5O4S.C2H6.C2H2/c1-12-5-6-13(28-12)11-20-17-18(23-29-22-17)21-15-4-2-3-14(16(15)25)19(26)24-7-9-27-10-8-24;2*1-2/h2-6,25H,7-11H2,1H3,(H,20,22)(H,21,23);1-2H3;1-2H. The van der Waals surface area contributed by atoms with Gasteiger partial charge in [-0.15, -0.1) is 12.8 Å². The quantitative estimate of drug-likeness (QED) is 0.361. The molecule has 3 heterocycles. The van der Waals surface area contributed by atoms with Crippen molar-refractivity contribution in [2.45, 2.75) is 27.3 Å². The number of anilines is 3. The van der Waals surface area contributed by atoms with Gasteiger partial charge in [0.1, 0.15) is 11.5 Å². The Morgan fingerprint density at radius 2 is 1.85 bits per heavy atom. The van der Waals surface area contributed by atoms with E-state index in [1.807, 2.05) is 32.9 Å². The SMILES string of the molecule is C#C.CC.Cc1ccc(CNc2nsnc2Nc2cccc(C(=O)N3CCOCC3)c2O)o1. The van der Waals surface area contributed by atoms with Crippen molar-refractivity contribution in [1.29, 1.82) is 0 Å². The van der Waals surface area contributed by atoms with E-state index in [-0.39, 0.29) is 17.2 Å². The zero-order chi connectivity index (χ0) is 24.2. The highest BCUT2D eigenvalue weighted by Crippen LogP contribution is 2.33. The maximum Gasteiger partial charge on any atom is 0.257 e. The van der Waals surface area contributed by atoms with Gasteiger partial charge in [0.25, 0.3) is 5.91 Å². The molecule has 1 fully saturated rings. The second kappa shape index (κ2) is 13.1. The Balaban J connectivity index is 0.000000914. The predicted octanol–water partition coefficient (Wildman–Crippen LogP) is 4.25. The van der Waals surface area contributed by atoms with Crippen molar-refractivity contribution in [3.8, 4) is 18.6 Å². The van der Waals surface area contributed by atoms with Crippen molar-refractivity contribution in [2.24, 2.45) is 0 Å². The molecule has 0 spiro atoms. The molecule has 33 heavy (non-hydrogen) atoms. The minimum Gasteiger partial charge on any atom is -0.505 e. The van der Waals surface area contributed by atoms with Gasteiger partial charge in [0.15, 0.2) is 17.4 Å². The van der Waals surface area contributed by atoms with Crippen molar-refractivity contribution < 1.29 is 19.1 Å². The van der Waals surface area contributed by atoms with Gasteiger partial charge in [-0.3, -0.25) is 4.79 Å². The van der Waals surface area contributed by atoms with E-state index in [4.69, 9.17) is 9.15 Å². The molecule has 0 bridgehead atoms. The lowest BCUT2D eigenvalue weighted by Crippen LogP contribution is -2.40. The number of aromatic hydroxyl groups is 1. The van der Waals surface area contributed by atoms with Gasteiger partial charge in [-0.05, 0) is 31.2 Å². The molecule has 1 aromatic carbocycles. The van der Waals surface area contributed by atoms with Gasteiger partial charge in [0.05, 0.1) is 42.7 Å². The van der Waals surface area contributed by atoms with E-state index in [0.29, 0.717) is 50.2 Å². The minimum atomic E-state index is -0.225. The first-order valence-corrected chi connectivity index (χ1v) is 11.3. The fourth-order valence-electron chi connectivity index (χ4n) is 3.02. The Bertz CT molecular complexity index is 1040. The van der Waals surface area contributed by atoms with Gasteiger partial charge < -0.3 is 29.8 Å². The second-order valence-electron chi connectivity index (χ2n) is 6.56. The van der Waals surface area contributed by atoms with Crippen LogP contribution in [0.4, 0.5) is 17.3 Å². The number of nitrogens with zero attached hydrogens (tertiary/aromatic N) is 3. The van der Waals surface area contributed by atoms with Gasteiger partial charge in [0, 0.05) is 13.1 Å². The molecule has 9 nitrogen and oxygen atoms in total. The number of carbonyl (C=O) groups excluding carboxylic acids is 1. The first-order chi connectivity index (χ1) is 16.1. The second-order valence-corrected chi connectivity index (χ2v) is 7.09. The summed E-state index contributed by atoms with van der Waals surface area (Å²) >= 11 is 1.04. The summed E-state index contributed by atoms with van der Waals surface area (Å²) in [5.41, 5.74) is 0.620. The lowest BCUT2D eigenvalue weighted by Gasteiger charge is -2.27. The van der Waals surface area contributed by atoms with E-state index >= 15 is 0 Å². The van der Waals surface area contributed by atoms with E-state index in [2.05, 4.69) is 32.2 Å². The number of furan rings is 1. The number of para-hydroxylation sites is 1. The number of carbonyl (C=O) groups is 1. The number of ether oxygens (including phenoxy) is 1. The number of nitrogens with one attached hydrogen (secondary N) is 2. The summed E-state index contributed by atoms with van der Waals surface area (Å²) in [6, 6.07) is 8.79. The number of phenolic OH excluding ortho intramolecular Hbond substituents is 1. The van der Waals surface area contributed by atoms with Crippen LogP contribution < -0.4 is 10.6 Å². The van der Waals surface area contributed by atoms with Crippen LogP contribution in [-0.4, -0.2) is 51.0 Å². The van der Waals surface area contributed by atoms with Gasteiger partial charge >= 0.3 is 0 Å². The van der Waals surface area contributed by atoms with Crippen LogP contribution in [0.1, 0.15) is 35.7 Å². The van der Waals surface area contributed by atoms with Crippen molar-refractivity contribution in [2.75, 3.05) is 36.9 Å². The average molecular weight is 472 g/mol. The van der Waals surface area contributed by atoms with Crippen LogP contribution >= 0.6 is 11.7 Å². The number of aryl methyl sites for hydroxylation is 1. The third kappa shape index (κ3) is 6.71. The number of benzene rings is 1. The monoisotopic (exact) mass is 471 g/mol. The fourth-order valence-corrected chi connectivity index (χ4v) is 3.51. The van der Waals surface area contributed by atoms with Crippen LogP contribution in [0.3, 0.4) is 0 Å². The van der Waals surface area contributed by atoms with Gasteiger partial charge in [-0.2, -0.15) is 8.75 Å². The Kier molecular flexibility index (Phi) is 10.2. The molecule has 3 N–H and O–H groups in total. The van der Waals surface area contributed by atoms with Crippen LogP contribution in [0.15, 0.2) is 34.7 Å². The molecule has 1 amide bonds. The number of morpholine rings is 1. The molecule has 0 unspecified atom stereocenters. The molecule has 10 heteroatoms.